The Morgan fingerprint density at radius 1 is 1.10 bits per heavy atom. The largest absolute Gasteiger partial charge is 0.488 e. The van der Waals surface area contributed by atoms with Crippen LogP contribution in [0, 0.1) is 11.8 Å². The van der Waals surface area contributed by atoms with Gasteiger partial charge in [0.2, 0.25) is 5.91 Å². The molecule has 2 aliphatic heterocycles. The third kappa shape index (κ3) is 5.95. The number of benzene rings is 3. The van der Waals surface area contributed by atoms with Gasteiger partial charge in [-0.1, -0.05) is 50.0 Å². The van der Waals surface area contributed by atoms with Crippen molar-refractivity contribution in [2.45, 2.75) is 103 Å². The van der Waals surface area contributed by atoms with Crippen LogP contribution in [0.5, 0.6) is 5.75 Å². The van der Waals surface area contributed by atoms with E-state index >= 15 is 0 Å². The van der Waals surface area contributed by atoms with Crippen molar-refractivity contribution in [2.24, 2.45) is 11.8 Å². The monoisotopic (exact) mass is 665 g/mol. The van der Waals surface area contributed by atoms with Crippen LogP contribution in [0.3, 0.4) is 0 Å². The fraction of sp³-hybridized carbons (Fsp3) is 0.500. The maximum atomic E-state index is 14.2. The van der Waals surface area contributed by atoms with Gasteiger partial charge in [0.1, 0.15) is 24.2 Å². The lowest BCUT2D eigenvalue weighted by Crippen LogP contribution is -2.53. The van der Waals surface area contributed by atoms with E-state index in [1.807, 2.05) is 38.7 Å². The number of amides is 2. The van der Waals surface area contributed by atoms with E-state index in [0.717, 1.165) is 81.2 Å². The van der Waals surface area contributed by atoms with Crippen LogP contribution in [0.1, 0.15) is 84.7 Å². The average molecular weight is 666 g/mol. The number of hydrogen-bond donors (Lipinski definition) is 3. The maximum absolute atomic E-state index is 14.2. The predicted octanol–water partition coefficient (Wildman–Crippen LogP) is 5.91. The van der Waals surface area contributed by atoms with Crippen LogP contribution in [-0.4, -0.2) is 69.9 Å². The summed E-state index contributed by atoms with van der Waals surface area (Å²) in [5.41, 5.74) is 4.08. The zero-order valence-electron chi connectivity index (χ0n) is 29.4. The molecule has 1 unspecified atom stereocenters. The Morgan fingerprint density at radius 3 is 2.63 bits per heavy atom. The second-order valence-corrected chi connectivity index (χ2v) is 15.3. The van der Waals surface area contributed by atoms with Crippen LogP contribution in [0.15, 0.2) is 42.5 Å². The predicted molar refractivity (Wildman–Crippen MR) is 190 cm³/mol. The highest BCUT2D eigenvalue weighted by molar-refractivity contribution is 6.47. The van der Waals surface area contributed by atoms with Gasteiger partial charge < -0.3 is 34.4 Å². The lowest BCUT2D eigenvalue weighted by atomic mass is 9.80. The lowest BCUT2D eigenvalue weighted by molar-refractivity contribution is -0.137. The number of methoxy groups -OCH3 is 1. The SMILES string of the molecule is COC(=O)NC(C(=O)N1[C@H](c2nc3c(ccc4cc5c(cc43)OCc3cc([B]OC(C)(C)C(C)(C)O)ccc3-5)[nH]2)C[C@@H]2CCC[C@@H]21)C(C)C. The molecule has 1 saturated heterocycles. The van der Waals surface area contributed by atoms with Gasteiger partial charge in [0.05, 0.1) is 35.4 Å². The van der Waals surface area contributed by atoms with Crippen LogP contribution in [0.25, 0.3) is 32.9 Å². The number of imidazole rings is 1. The summed E-state index contributed by atoms with van der Waals surface area (Å²) in [4.78, 5) is 37.1. The van der Waals surface area contributed by atoms with E-state index < -0.39 is 23.3 Å². The van der Waals surface area contributed by atoms with Gasteiger partial charge in [0.25, 0.3) is 0 Å². The Bertz CT molecular complexity index is 1930. The van der Waals surface area contributed by atoms with Crippen LogP contribution < -0.4 is 15.5 Å². The van der Waals surface area contributed by atoms with Gasteiger partial charge in [-0.3, -0.25) is 4.79 Å². The van der Waals surface area contributed by atoms with Gasteiger partial charge in [-0.15, -0.1) is 0 Å². The number of fused-ring (bicyclic) bond motifs is 7. The fourth-order valence-electron chi connectivity index (χ4n) is 7.63. The zero-order valence-corrected chi connectivity index (χ0v) is 29.4. The smallest absolute Gasteiger partial charge is 0.407 e. The maximum Gasteiger partial charge on any atom is 0.407 e. The molecule has 1 radical (unpaired) electrons. The van der Waals surface area contributed by atoms with Crippen molar-refractivity contribution in [3.63, 3.8) is 0 Å². The van der Waals surface area contributed by atoms with Crippen LogP contribution in [-0.2, 0) is 20.8 Å². The van der Waals surface area contributed by atoms with Gasteiger partial charge in [-0.05, 0) is 93.5 Å². The van der Waals surface area contributed by atoms with E-state index in [9.17, 15) is 14.7 Å². The molecule has 2 fully saturated rings. The average Bonchev–Trinajstić information content (AvgIpc) is 3.79. The van der Waals surface area contributed by atoms with Gasteiger partial charge in [0.15, 0.2) is 0 Å². The van der Waals surface area contributed by atoms with Crippen molar-refractivity contribution in [3.8, 4) is 16.9 Å². The topological polar surface area (TPSA) is 126 Å². The van der Waals surface area contributed by atoms with Crippen molar-refractivity contribution >= 4 is 46.8 Å². The first-order valence-corrected chi connectivity index (χ1v) is 17.4. The van der Waals surface area contributed by atoms with Crippen molar-refractivity contribution in [3.05, 3.63) is 53.9 Å². The molecule has 3 N–H and O–H groups in total. The first-order chi connectivity index (χ1) is 23.3. The molecule has 11 heteroatoms. The Labute approximate surface area is 288 Å². The highest BCUT2D eigenvalue weighted by Gasteiger charge is 2.49. The van der Waals surface area contributed by atoms with Crippen molar-refractivity contribution in [1.29, 1.82) is 0 Å². The van der Waals surface area contributed by atoms with Gasteiger partial charge in [0, 0.05) is 17.0 Å². The minimum Gasteiger partial charge on any atom is -0.488 e. The van der Waals surface area contributed by atoms with E-state index in [4.69, 9.17) is 19.1 Å². The molecule has 257 valence electrons. The van der Waals surface area contributed by atoms with Gasteiger partial charge in [-0.2, -0.15) is 0 Å². The van der Waals surface area contributed by atoms with Gasteiger partial charge >= 0.3 is 13.6 Å². The van der Waals surface area contributed by atoms with E-state index in [-0.39, 0.29) is 23.9 Å². The Balaban J connectivity index is 1.20. The van der Waals surface area contributed by atoms with Crippen LogP contribution >= 0.6 is 0 Å². The minimum absolute atomic E-state index is 0.0838. The Kier molecular flexibility index (Phi) is 8.42. The number of aromatic nitrogens is 2. The number of aromatic amines is 1. The minimum atomic E-state index is -1.01. The zero-order chi connectivity index (χ0) is 34.8. The van der Waals surface area contributed by atoms with Crippen molar-refractivity contribution in [2.75, 3.05) is 7.11 Å². The molecule has 3 aliphatic rings. The normalized spacial score (nSPS) is 20.9. The quantitative estimate of drug-likeness (QED) is 0.200. The number of carbonyl (C=O) groups is 2. The summed E-state index contributed by atoms with van der Waals surface area (Å²) in [7, 11) is 3.01. The van der Waals surface area contributed by atoms with E-state index in [0.29, 0.717) is 12.5 Å². The van der Waals surface area contributed by atoms with E-state index in [1.165, 1.54) is 7.11 Å². The summed E-state index contributed by atoms with van der Waals surface area (Å²) in [5, 5.41) is 15.3. The molecule has 4 atom stereocenters. The molecule has 1 saturated carbocycles. The molecular formula is C38H46BN4O6. The molecule has 49 heavy (non-hydrogen) atoms. The first-order valence-electron chi connectivity index (χ1n) is 17.4. The van der Waals surface area contributed by atoms with Crippen molar-refractivity contribution < 1.29 is 28.8 Å². The molecule has 4 aromatic rings. The summed E-state index contributed by atoms with van der Waals surface area (Å²) < 4.78 is 17.2. The van der Waals surface area contributed by atoms with Gasteiger partial charge in [-0.25, -0.2) is 9.78 Å². The number of alkyl carbamates (subject to hydrolysis) is 1. The molecule has 1 aromatic heterocycles. The second-order valence-electron chi connectivity index (χ2n) is 15.3. The number of hydrogen-bond acceptors (Lipinski definition) is 7. The Morgan fingerprint density at radius 2 is 1.90 bits per heavy atom. The number of aliphatic hydroxyl groups is 1. The molecule has 10 nitrogen and oxygen atoms in total. The number of nitrogens with zero attached hydrogens (tertiary/aromatic N) is 2. The number of likely N-dealkylation sites (tertiary alicyclic amines) is 1. The summed E-state index contributed by atoms with van der Waals surface area (Å²) in [6, 6.07) is 13.8. The number of H-pyrrole nitrogens is 1. The molecule has 0 spiro atoms. The number of ether oxygens (including phenoxy) is 2. The molecule has 2 amide bonds. The molecule has 7 rings (SSSR count). The highest BCUT2D eigenvalue weighted by Crippen LogP contribution is 2.48. The third-order valence-corrected chi connectivity index (χ3v) is 11.2. The van der Waals surface area contributed by atoms with Crippen LogP contribution in [0.2, 0.25) is 0 Å². The van der Waals surface area contributed by atoms with E-state index in [2.05, 4.69) is 46.7 Å². The third-order valence-electron chi connectivity index (χ3n) is 11.2. The summed E-state index contributed by atoms with van der Waals surface area (Å²) in [6.45, 7) is 11.5. The van der Waals surface area contributed by atoms with Crippen molar-refractivity contribution in [1.82, 2.24) is 20.2 Å². The number of nitrogens with one attached hydrogen (secondary N) is 2. The summed E-state index contributed by atoms with van der Waals surface area (Å²) >= 11 is 0. The second kappa shape index (κ2) is 12.4. The van der Waals surface area contributed by atoms with Crippen LogP contribution in [0.4, 0.5) is 4.79 Å². The Hall–Kier alpha value is -4.09. The molecule has 3 heterocycles. The number of rotatable bonds is 8. The first kappa shape index (κ1) is 33.4. The standard InChI is InChI=1S/C38H46BN4O6/c1-20(2)32(42-36(45)47-7)35(44)43-29-10-8-9-22(29)17-30(43)34-40-28-14-11-21-16-27-25-13-12-24(39-49-38(5,6)37(3,4)46)15-23(25)19-48-31(27)18-26(21)33(28)41-34/h11-16,18,20,22,29-30,32,46H,8-10,17,19H2,1-7H3,(H,40,41)(H,42,45)/t22-,29-,30-,32?/m0/s1. The fourth-order valence-corrected chi connectivity index (χ4v) is 7.63. The summed E-state index contributed by atoms with van der Waals surface area (Å²) in [6.07, 6.45) is 3.37. The molecule has 1 aliphatic carbocycles. The molecule has 0 bridgehead atoms. The highest BCUT2D eigenvalue weighted by atomic mass is 16.5. The lowest BCUT2D eigenvalue weighted by Gasteiger charge is -2.37. The molecular weight excluding hydrogens is 619 g/mol. The van der Waals surface area contributed by atoms with E-state index in [1.54, 1.807) is 21.3 Å². The number of carbonyl (C=O) groups excluding carboxylic acids is 2. The summed E-state index contributed by atoms with van der Waals surface area (Å²) in [5.74, 6) is 1.79. The molecule has 3 aromatic carbocycles.